The molecule has 3 amide bonds. The molecule has 0 aliphatic carbocycles. The Balaban J connectivity index is 2.01. The fraction of sp³-hybridized carbons (Fsp3) is 0.429. The van der Waals surface area contributed by atoms with E-state index in [-0.39, 0.29) is 0 Å². The van der Waals surface area contributed by atoms with Crippen LogP contribution in [0.3, 0.4) is 0 Å². The molecule has 0 spiro atoms. The number of carbonyl (C=O) groups excluding carboxylic acids is 2. The number of carbonyl (C=O) groups is 2. The summed E-state index contributed by atoms with van der Waals surface area (Å²) >= 11 is 0. The summed E-state index contributed by atoms with van der Waals surface area (Å²) in [5.41, 5.74) is 2.66. The van der Waals surface area contributed by atoms with E-state index in [9.17, 15) is 14.8 Å². The molecule has 108 valence electrons. The maximum absolute atomic E-state index is 12.0. The number of nitrogens with zero attached hydrogens (tertiary/aromatic N) is 1. The van der Waals surface area contributed by atoms with E-state index >= 15 is 0 Å². The zero-order valence-electron chi connectivity index (χ0n) is 11.6. The molecule has 1 atom stereocenters. The second-order valence-electron chi connectivity index (χ2n) is 5.02. The first-order valence-corrected chi connectivity index (χ1v) is 6.63. The number of hydrogen-bond donors (Lipinski definition) is 3. The van der Waals surface area contributed by atoms with E-state index in [4.69, 9.17) is 0 Å². The summed E-state index contributed by atoms with van der Waals surface area (Å²) in [4.78, 5) is 23.6. The first-order chi connectivity index (χ1) is 9.49. The van der Waals surface area contributed by atoms with Crippen molar-refractivity contribution in [2.24, 2.45) is 0 Å². The SMILES string of the molecule is Cc1cccc(C)c1NC(=O)N[C@H]1CCCN(O)C1=O. The number of para-hydroxylation sites is 1. The molecule has 1 aromatic rings. The van der Waals surface area contributed by atoms with Crippen molar-refractivity contribution in [1.82, 2.24) is 10.4 Å². The second-order valence-corrected chi connectivity index (χ2v) is 5.02. The molecule has 1 aromatic carbocycles. The van der Waals surface area contributed by atoms with Crippen LogP contribution in [0.4, 0.5) is 10.5 Å². The highest BCUT2D eigenvalue weighted by atomic mass is 16.5. The van der Waals surface area contributed by atoms with Gasteiger partial charge in [0, 0.05) is 12.2 Å². The van der Waals surface area contributed by atoms with Gasteiger partial charge in [0.05, 0.1) is 0 Å². The lowest BCUT2D eigenvalue weighted by molar-refractivity contribution is -0.172. The summed E-state index contributed by atoms with van der Waals surface area (Å²) in [6.45, 7) is 4.13. The van der Waals surface area contributed by atoms with Gasteiger partial charge < -0.3 is 10.6 Å². The van der Waals surface area contributed by atoms with Crippen LogP contribution < -0.4 is 10.6 Å². The Labute approximate surface area is 117 Å². The van der Waals surface area contributed by atoms with Crippen molar-refractivity contribution < 1.29 is 14.8 Å². The zero-order chi connectivity index (χ0) is 14.7. The molecule has 20 heavy (non-hydrogen) atoms. The van der Waals surface area contributed by atoms with Gasteiger partial charge >= 0.3 is 6.03 Å². The quantitative estimate of drug-likeness (QED) is 0.721. The Kier molecular flexibility index (Phi) is 4.24. The van der Waals surface area contributed by atoms with Crippen LogP contribution in [0.2, 0.25) is 0 Å². The molecule has 6 nitrogen and oxygen atoms in total. The lowest BCUT2D eigenvalue weighted by Gasteiger charge is -2.28. The van der Waals surface area contributed by atoms with Gasteiger partial charge in [-0.1, -0.05) is 18.2 Å². The number of rotatable bonds is 2. The van der Waals surface area contributed by atoms with E-state index in [1.807, 2.05) is 32.0 Å². The Hall–Kier alpha value is -2.08. The van der Waals surface area contributed by atoms with Gasteiger partial charge in [0.25, 0.3) is 5.91 Å². The molecule has 1 heterocycles. The maximum Gasteiger partial charge on any atom is 0.319 e. The minimum Gasteiger partial charge on any atom is -0.326 e. The van der Waals surface area contributed by atoms with Crippen LogP contribution in [0.15, 0.2) is 18.2 Å². The molecule has 0 unspecified atom stereocenters. The van der Waals surface area contributed by atoms with Crippen molar-refractivity contribution in [2.45, 2.75) is 32.7 Å². The van der Waals surface area contributed by atoms with Crippen molar-refractivity contribution >= 4 is 17.6 Å². The number of urea groups is 1. The zero-order valence-corrected chi connectivity index (χ0v) is 11.6. The van der Waals surface area contributed by atoms with Crippen molar-refractivity contribution in [2.75, 3.05) is 11.9 Å². The van der Waals surface area contributed by atoms with Gasteiger partial charge in [-0.05, 0) is 37.8 Å². The standard InChI is InChI=1S/C14H19N3O3/c1-9-5-3-6-10(2)12(9)16-14(19)15-11-7-4-8-17(20)13(11)18/h3,5-6,11,20H,4,7-8H2,1-2H3,(H2,15,16,19)/t11-/m0/s1. The van der Waals surface area contributed by atoms with Gasteiger partial charge in [0.1, 0.15) is 6.04 Å². The summed E-state index contributed by atoms with van der Waals surface area (Å²) in [6.07, 6.45) is 1.20. The van der Waals surface area contributed by atoms with Gasteiger partial charge in [-0.15, -0.1) is 0 Å². The monoisotopic (exact) mass is 277 g/mol. The third kappa shape index (κ3) is 3.08. The summed E-state index contributed by atoms with van der Waals surface area (Å²) < 4.78 is 0. The van der Waals surface area contributed by atoms with E-state index in [1.165, 1.54) is 0 Å². The number of piperidine rings is 1. The van der Waals surface area contributed by atoms with Crippen LogP contribution in [-0.4, -0.2) is 34.8 Å². The van der Waals surface area contributed by atoms with Crippen molar-refractivity contribution in [3.8, 4) is 0 Å². The number of benzene rings is 1. The van der Waals surface area contributed by atoms with E-state index in [0.717, 1.165) is 16.8 Å². The molecule has 0 radical (unpaired) electrons. The summed E-state index contributed by atoms with van der Waals surface area (Å²) in [6, 6.07) is 4.63. The predicted molar refractivity (Wildman–Crippen MR) is 74.6 cm³/mol. The second kappa shape index (κ2) is 5.92. The van der Waals surface area contributed by atoms with E-state index < -0.39 is 18.0 Å². The summed E-state index contributed by atoms with van der Waals surface area (Å²) in [5, 5.41) is 15.4. The molecule has 1 aliphatic heterocycles. The van der Waals surface area contributed by atoms with Crippen LogP contribution in [0, 0.1) is 13.8 Å². The van der Waals surface area contributed by atoms with Gasteiger partial charge in [0.15, 0.2) is 0 Å². The lowest BCUT2D eigenvalue weighted by atomic mass is 10.1. The number of amides is 3. The van der Waals surface area contributed by atoms with Crippen LogP contribution >= 0.6 is 0 Å². The van der Waals surface area contributed by atoms with Crippen LogP contribution in [0.5, 0.6) is 0 Å². The number of hydroxylamine groups is 2. The third-order valence-corrected chi connectivity index (χ3v) is 3.44. The Bertz CT molecular complexity index is 510. The topological polar surface area (TPSA) is 81.7 Å². The van der Waals surface area contributed by atoms with Crippen LogP contribution in [0.1, 0.15) is 24.0 Å². The Morgan fingerprint density at radius 1 is 1.35 bits per heavy atom. The van der Waals surface area contributed by atoms with Crippen LogP contribution in [-0.2, 0) is 4.79 Å². The van der Waals surface area contributed by atoms with E-state index in [2.05, 4.69) is 10.6 Å². The van der Waals surface area contributed by atoms with Crippen molar-refractivity contribution in [3.05, 3.63) is 29.3 Å². The summed E-state index contributed by atoms with van der Waals surface area (Å²) in [5.74, 6) is -0.465. The highest BCUT2D eigenvalue weighted by Gasteiger charge is 2.29. The molecule has 0 saturated carbocycles. The molecule has 1 aliphatic rings. The number of aryl methyl sites for hydroxylation is 2. The fourth-order valence-corrected chi connectivity index (χ4v) is 2.31. The van der Waals surface area contributed by atoms with Gasteiger partial charge in [-0.2, -0.15) is 0 Å². The first-order valence-electron chi connectivity index (χ1n) is 6.63. The van der Waals surface area contributed by atoms with Crippen molar-refractivity contribution in [1.29, 1.82) is 0 Å². The van der Waals surface area contributed by atoms with E-state index in [0.29, 0.717) is 24.4 Å². The molecule has 6 heteroatoms. The first kappa shape index (κ1) is 14.3. The molecular weight excluding hydrogens is 258 g/mol. The minimum atomic E-state index is -0.668. The highest BCUT2D eigenvalue weighted by molar-refractivity contribution is 5.94. The maximum atomic E-state index is 12.0. The summed E-state index contributed by atoms with van der Waals surface area (Å²) in [7, 11) is 0. The largest absolute Gasteiger partial charge is 0.326 e. The minimum absolute atomic E-state index is 0.315. The molecule has 2 rings (SSSR count). The average Bonchev–Trinajstić information content (AvgIpc) is 2.39. The van der Waals surface area contributed by atoms with Gasteiger partial charge in [0.2, 0.25) is 0 Å². The molecule has 0 aromatic heterocycles. The fourth-order valence-electron chi connectivity index (χ4n) is 2.31. The highest BCUT2D eigenvalue weighted by Crippen LogP contribution is 2.19. The molecule has 1 fully saturated rings. The average molecular weight is 277 g/mol. The number of anilines is 1. The van der Waals surface area contributed by atoms with Crippen molar-refractivity contribution in [3.63, 3.8) is 0 Å². The third-order valence-electron chi connectivity index (χ3n) is 3.44. The van der Waals surface area contributed by atoms with Gasteiger partial charge in [-0.25, -0.2) is 9.86 Å². The number of hydrogen-bond acceptors (Lipinski definition) is 3. The van der Waals surface area contributed by atoms with E-state index in [1.54, 1.807) is 0 Å². The number of nitrogens with one attached hydrogen (secondary N) is 2. The van der Waals surface area contributed by atoms with Gasteiger partial charge in [-0.3, -0.25) is 10.0 Å². The predicted octanol–water partition coefficient (Wildman–Crippen LogP) is 1.81. The van der Waals surface area contributed by atoms with Crippen LogP contribution in [0.25, 0.3) is 0 Å². The Morgan fingerprint density at radius 2 is 2.00 bits per heavy atom. The molecule has 0 bridgehead atoms. The molecule has 3 N–H and O–H groups in total. The smallest absolute Gasteiger partial charge is 0.319 e. The Morgan fingerprint density at radius 3 is 2.65 bits per heavy atom. The lowest BCUT2D eigenvalue weighted by Crippen LogP contribution is -2.52. The normalized spacial score (nSPS) is 18.9. The molecule has 1 saturated heterocycles. The molecular formula is C14H19N3O3.